The van der Waals surface area contributed by atoms with E-state index in [0.717, 1.165) is 55.2 Å². The highest BCUT2D eigenvalue weighted by Gasteiger charge is 2.32. The lowest BCUT2D eigenvalue weighted by atomic mass is 9.73. The third kappa shape index (κ3) is 8.93. The van der Waals surface area contributed by atoms with Gasteiger partial charge in [-0.1, -0.05) is 43.6 Å². The van der Waals surface area contributed by atoms with Crippen molar-refractivity contribution in [2.24, 2.45) is 5.92 Å². The molecule has 1 aliphatic rings. The SMILES string of the molecule is C=C(C)C1CCC(C)=CC1c1c(OC(=O)CN(C)C)cc(CCCCC)cc1OC(=O)CN(C)C. The van der Waals surface area contributed by atoms with Crippen LogP contribution in [0.4, 0.5) is 0 Å². The molecule has 0 bridgehead atoms. The number of unbranched alkanes of at least 4 members (excludes halogenated alkanes) is 2. The molecule has 0 amide bonds. The summed E-state index contributed by atoms with van der Waals surface area (Å²) in [5.41, 5.74) is 4.11. The molecule has 0 aliphatic heterocycles. The van der Waals surface area contributed by atoms with E-state index in [9.17, 15) is 9.59 Å². The van der Waals surface area contributed by atoms with E-state index < -0.39 is 0 Å². The molecule has 6 nitrogen and oxygen atoms in total. The summed E-state index contributed by atoms with van der Waals surface area (Å²) in [6.45, 7) is 10.9. The van der Waals surface area contributed by atoms with Crippen LogP contribution in [0.3, 0.4) is 0 Å². The van der Waals surface area contributed by atoms with Crippen LogP contribution in [0.2, 0.25) is 0 Å². The molecule has 0 heterocycles. The Morgan fingerprint density at radius 3 is 2.00 bits per heavy atom. The van der Waals surface area contributed by atoms with Crippen molar-refractivity contribution in [2.75, 3.05) is 41.3 Å². The molecular weight excluding hydrogens is 440 g/mol. The fraction of sp³-hybridized carbons (Fsp3) is 0.586. The van der Waals surface area contributed by atoms with E-state index in [0.29, 0.717) is 11.5 Å². The van der Waals surface area contributed by atoms with Crippen molar-refractivity contribution in [3.63, 3.8) is 0 Å². The highest BCUT2D eigenvalue weighted by Crippen LogP contribution is 2.47. The third-order valence-corrected chi connectivity index (χ3v) is 6.28. The molecule has 0 spiro atoms. The number of nitrogens with zero attached hydrogens (tertiary/aromatic N) is 2. The first kappa shape index (κ1) is 28.8. The van der Waals surface area contributed by atoms with Crippen LogP contribution < -0.4 is 9.47 Å². The number of likely N-dealkylation sites (N-methyl/N-ethyl adjacent to an activating group) is 2. The van der Waals surface area contributed by atoms with Crippen LogP contribution in [0.5, 0.6) is 11.5 Å². The first-order valence-corrected chi connectivity index (χ1v) is 12.7. The number of carbonyl (C=O) groups excluding carboxylic acids is 2. The van der Waals surface area contributed by atoms with E-state index in [-0.39, 0.29) is 36.9 Å². The smallest absolute Gasteiger partial charge is 0.325 e. The molecule has 2 rings (SSSR count). The van der Waals surface area contributed by atoms with Gasteiger partial charge in [-0.2, -0.15) is 0 Å². The Labute approximate surface area is 212 Å². The number of hydrogen-bond donors (Lipinski definition) is 0. The van der Waals surface area contributed by atoms with Gasteiger partial charge in [-0.05, 0) is 91.3 Å². The van der Waals surface area contributed by atoms with Gasteiger partial charge < -0.3 is 9.47 Å². The molecule has 194 valence electrons. The van der Waals surface area contributed by atoms with Gasteiger partial charge in [0.2, 0.25) is 0 Å². The quantitative estimate of drug-likeness (QED) is 0.172. The minimum absolute atomic E-state index is 0.0877. The zero-order chi connectivity index (χ0) is 26.1. The number of ether oxygens (including phenoxy) is 2. The number of hydrogen-bond acceptors (Lipinski definition) is 6. The Hall–Kier alpha value is -2.44. The van der Waals surface area contributed by atoms with Crippen molar-refractivity contribution in [1.82, 2.24) is 9.80 Å². The van der Waals surface area contributed by atoms with Gasteiger partial charge >= 0.3 is 11.9 Å². The van der Waals surface area contributed by atoms with Crippen molar-refractivity contribution in [1.29, 1.82) is 0 Å². The average Bonchev–Trinajstić information content (AvgIpc) is 2.72. The molecule has 35 heavy (non-hydrogen) atoms. The molecule has 0 saturated heterocycles. The molecule has 2 unspecified atom stereocenters. The predicted molar refractivity (Wildman–Crippen MR) is 142 cm³/mol. The lowest BCUT2D eigenvalue weighted by molar-refractivity contribution is -0.135. The van der Waals surface area contributed by atoms with Crippen LogP contribution in [0, 0.1) is 5.92 Å². The standard InChI is InChI=1S/C29H44N2O4/c1-9-10-11-12-22-16-25(34-27(32)18-30(5)6)29(26(17-22)35-28(33)19-31(7)8)24-15-21(4)13-14-23(24)20(2)3/h15-17,23-24H,2,9-14,18-19H2,1,3-8H3. The van der Waals surface area contributed by atoms with E-state index in [4.69, 9.17) is 9.47 Å². The Kier molecular flexibility index (Phi) is 11.2. The molecule has 1 aromatic carbocycles. The fourth-order valence-corrected chi connectivity index (χ4v) is 4.61. The second-order valence-electron chi connectivity index (χ2n) is 10.4. The van der Waals surface area contributed by atoms with Gasteiger partial charge in [-0.25, -0.2) is 0 Å². The maximum atomic E-state index is 12.8. The number of carbonyl (C=O) groups is 2. The molecule has 0 fully saturated rings. The van der Waals surface area contributed by atoms with Crippen LogP contribution in [0.15, 0.2) is 35.9 Å². The second kappa shape index (κ2) is 13.6. The van der Waals surface area contributed by atoms with Crippen LogP contribution in [-0.2, 0) is 16.0 Å². The van der Waals surface area contributed by atoms with E-state index in [1.54, 1.807) is 9.80 Å². The van der Waals surface area contributed by atoms with Gasteiger partial charge in [0.15, 0.2) is 0 Å². The molecule has 0 aromatic heterocycles. The second-order valence-corrected chi connectivity index (χ2v) is 10.4. The third-order valence-electron chi connectivity index (χ3n) is 6.28. The van der Waals surface area contributed by atoms with Gasteiger partial charge in [0, 0.05) is 11.5 Å². The summed E-state index contributed by atoms with van der Waals surface area (Å²) in [5.74, 6) is 0.380. The summed E-state index contributed by atoms with van der Waals surface area (Å²) in [6.07, 6.45) is 8.24. The minimum atomic E-state index is -0.337. The number of allylic oxidation sites excluding steroid dienone is 3. The maximum Gasteiger partial charge on any atom is 0.325 e. The number of aryl methyl sites for hydroxylation is 1. The summed E-state index contributed by atoms with van der Waals surface area (Å²) < 4.78 is 12.0. The van der Waals surface area contributed by atoms with Crippen LogP contribution in [0.1, 0.15) is 69.9 Å². The molecule has 2 atom stereocenters. The number of benzene rings is 1. The average molecular weight is 485 g/mol. The first-order valence-electron chi connectivity index (χ1n) is 12.7. The monoisotopic (exact) mass is 484 g/mol. The minimum Gasteiger partial charge on any atom is -0.425 e. The van der Waals surface area contributed by atoms with Gasteiger partial charge in [-0.3, -0.25) is 19.4 Å². The first-order chi connectivity index (χ1) is 16.5. The normalized spacial score (nSPS) is 17.9. The summed E-state index contributed by atoms with van der Waals surface area (Å²) in [5, 5.41) is 0. The van der Waals surface area contributed by atoms with E-state index in [2.05, 4.69) is 26.5 Å². The fourth-order valence-electron chi connectivity index (χ4n) is 4.61. The lowest BCUT2D eigenvalue weighted by Gasteiger charge is -2.32. The summed E-state index contributed by atoms with van der Waals surface area (Å²) >= 11 is 0. The largest absolute Gasteiger partial charge is 0.425 e. The Balaban J connectivity index is 2.67. The summed E-state index contributed by atoms with van der Waals surface area (Å²) in [4.78, 5) is 29.1. The maximum absolute atomic E-state index is 12.8. The highest BCUT2D eigenvalue weighted by molar-refractivity contribution is 5.78. The Morgan fingerprint density at radius 1 is 1.00 bits per heavy atom. The van der Waals surface area contributed by atoms with Crippen molar-refractivity contribution >= 4 is 11.9 Å². The molecule has 1 aromatic rings. The Bertz CT molecular complexity index is 888. The van der Waals surface area contributed by atoms with E-state index in [1.165, 1.54) is 5.57 Å². The molecule has 0 saturated carbocycles. The van der Waals surface area contributed by atoms with Crippen molar-refractivity contribution in [3.05, 3.63) is 47.1 Å². The van der Waals surface area contributed by atoms with E-state index in [1.807, 2.05) is 47.2 Å². The van der Waals surface area contributed by atoms with Gasteiger partial charge in [0.05, 0.1) is 13.1 Å². The zero-order valence-electron chi connectivity index (χ0n) is 22.8. The van der Waals surface area contributed by atoms with Crippen molar-refractivity contribution < 1.29 is 19.1 Å². The highest BCUT2D eigenvalue weighted by atomic mass is 16.5. The number of esters is 2. The van der Waals surface area contributed by atoms with Gasteiger partial charge in [-0.15, -0.1) is 0 Å². The molecular formula is C29H44N2O4. The van der Waals surface area contributed by atoms with Crippen LogP contribution in [-0.4, -0.2) is 63.0 Å². The van der Waals surface area contributed by atoms with Gasteiger partial charge in [0.1, 0.15) is 11.5 Å². The molecule has 6 heteroatoms. The van der Waals surface area contributed by atoms with E-state index >= 15 is 0 Å². The molecule has 0 N–H and O–H groups in total. The zero-order valence-corrected chi connectivity index (χ0v) is 22.8. The summed E-state index contributed by atoms with van der Waals surface area (Å²) in [7, 11) is 7.34. The Morgan fingerprint density at radius 2 is 1.54 bits per heavy atom. The van der Waals surface area contributed by atoms with Crippen molar-refractivity contribution in [3.8, 4) is 11.5 Å². The van der Waals surface area contributed by atoms with Gasteiger partial charge in [0.25, 0.3) is 0 Å². The summed E-state index contributed by atoms with van der Waals surface area (Å²) in [6, 6.07) is 3.93. The number of rotatable bonds is 12. The van der Waals surface area contributed by atoms with Crippen molar-refractivity contribution in [2.45, 2.75) is 65.2 Å². The molecule has 0 radical (unpaired) electrons. The van der Waals surface area contributed by atoms with Crippen LogP contribution in [0.25, 0.3) is 0 Å². The van der Waals surface area contributed by atoms with Crippen LogP contribution >= 0.6 is 0 Å². The molecule has 1 aliphatic carbocycles. The lowest BCUT2D eigenvalue weighted by Crippen LogP contribution is -2.28. The predicted octanol–water partition coefficient (Wildman–Crippen LogP) is 5.37. The topological polar surface area (TPSA) is 59.1 Å².